The molecule has 0 radical (unpaired) electrons. The number of hydrogen-bond donors (Lipinski definition) is 1. The van der Waals surface area contributed by atoms with E-state index in [4.69, 9.17) is 10.5 Å². The average molecular weight is 274 g/mol. The Balaban J connectivity index is 1.76. The van der Waals surface area contributed by atoms with Gasteiger partial charge in [0.25, 0.3) is 0 Å². The van der Waals surface area contributed by atoms with Crippen molar-refractivity contribution in [2.24, 2.45) is 0 Å². The monoisotopic (exact) mass is 274 g/mol. The number of nitrogens with zero attached hydrogens (tertiary/aromatic N) is 1. The molecule has 3 rings (SSSR count). The predicted octanol–water partition coefficient (Wildman–Crippen LogP) is 4.02. The molecule has 1 aliphatic carbocycles. The summed E-state index contributed by atoms with van der Waals surface area (Å²) in [6.07, 6.45) is 5.37. The number of hydrogen-bond acceptors (Lipinski definition) is 4. The van der Waals surface area contributed by atoms with Gasteiger partial charge < -0.3 is 10.5 Å². The lowest BCUT2D eigenvalue weighted by Gasteiger charge is -2.13. The van der Waals surface area contributed by atoms with Crippen LogP contribution in [0, 0.1) is 6.92 Å². The first-order valence-electron chi connectivity index (χ1n) is 6.72. The molecule has 1 fully saturated rings. The van der Waals surface area contributed by atoms with Gasteiger partial charge in [0.15, 0.2) is 5.13 Å². The van der Waals surface area contributed by atoms with Gasteiger partial charge in [-0.15, -0.1) is 0 Å². The lowest BCUT2D eigenvalue weighted by molar-refractivity contribution is 0.210. The molecule has 0 spiro atoms. The summed E-state index contributed by atoms with van der Waals surface area (Å²) in [6.45, 7) is 1.99. The minimum atomic E-state index is 0.409. The first-order valence-corrected chi connectivity index (χ1v) is 7.54. The van der Waals surface area contributed by atoms with Crippen LogP contribution in [0.1, 0.15) is 31.4 Å². The van der Waals surface area contributed by atoms with E-state index < -0.39 is 0 Å². The number of nitrogen functional groups attached to an aromatic ring is 1. The first-order chi connectivity index (χ1) is 9.22. The van der Waals surface area contributed by atoms with Gasteiger partial charge in [0.1, 0.15) is 5.75 Å². The Hall–Kier alpha value is -1.55. The second-order valence-electron chi connectivity index (χ2n) is 5.02. The molecule has 0 bridgehead atoms. The summed E-state index contributed by atoms with van der Waals surface area (Å²) in [4.78, 5) is 5.40. The summed E-state index contributed by atoms with van der Waals surface area (Å²) < 4.78 is 5.96. The number of nitrogens with two attached hydrogens (primary N) is 1. The van der Waals surface area contributed by atoms with Crippen LogP contribution in [0.15, 0.2) is 24.3 Å². The molecule has 0 saturated heterocycles. The summed E-state index contributed by atoms with van der Waals surface area (Å²) in [5.41, 5.74) is 7.89. The lowest BCUT2D eigenvalue weighted by atomic mass is 10.1. The van der Waals surface area contributed by atoms with Crippen LogP contribution >= 0.6 is 11.3 Å². The molecule has 1 saturated carbocycles. The van der Waals surface area contributed by atoms with Gasteiger partial charge in [0, 0.05) is 0 Å². The highest BCUT2D eigenvalue weighted by atomic mass is 32.1. The summed E-state index contributed by atoms with van der Waals surface area (Å²) in [6, 6.07) is 8.26. The zero-order valence-corrected chi connectivity index (χ0v) is 11.9. The van der Waals surface area contributed by atoms with Gasteiger partial charge >= 0.3 is 0 Å². The van der Waals surface area contributed by atoms with E-state index in [-0.39, 0.29) is 0 Å². The summed E-state index contributed by atoms with van der Waals surface area (Å²) in [7, 11) is 0. The highest BCUT2D eigenvalue weighted by molar-refractivity contribution is 7.18. The normalized spacial score (nSPS) is 15.8. The first kappa shape index (κ1) is 12.5. The molecule has 1 aromatic carbocycles. The van der Waals surface area contributed by atoms with Crippen LogP contribution in [0.5, 0.6) is 5.75 Å². The minimum absolute atomic E-state index is 0.409. The van der Waals surface area contributed by atoms with E-state index in [2.05, 4.69) is 17.1 Å². The third kappa shape index (κ3) is 2.73. The van der Waals surface area contributed by atoms with Crippen LogP contribution < -0.4 is 10.5 Å². The topological polar surface area (TPSA) is 48.1 Å². The molecule has 2 N–H and O–H groups in total. The maximum atomic E-state index is 5.96. The van der Waals surface area contributed by atoms with Gasteiger partial charge in [-0.25, -0.2) is 4.98 Å². The second kappa shape index (κ2) is 5.21. The Labute approximate surface area is 117 Å². The number of rotatable bonds is 3. The lowest BCUT2D eigenvalue weighted by Crippen LogP contribution is -2.10. The molecule has 2 aromatic rings. The zero-order chi connectivity index (χ0) is 13.2. The van der Waals surface area contributed by atoms with Crippen molar-refractivity contribution in [3.8, 4) is 16.2 Å². The van der Waals surface area contributed by atoms with Crippen LogP contribution in [0.2, 0.25) is 0 Å². The molecule has 1 heterocycles. The Bertz CT molecular complexity index is 556. The molecular weight excluding hydrogens is 256 g/mol. The second-order valence-corrected chi connectivity index (χ2v) is 6.05. The maximum Gasteiger partial charge on any atom is 0.180 e. The van der Waals surface area contributed by atoms with Crippen LogP contribution in [0.25, 0.3) is 10.4 Å². The number of aromatic nitrogens is 1. The summed E-state index contributed by atoms with van der Waals surface area (Å²) in [5, 5.41) is 0.624. The summed E-state index contributed by atoms with van der Waals surface area (Å²) in [5.74, 6) is 0.964. The van der Waals surface area contributed by atoms with E-state index in [1.807, 2.05) is 19.1 Å². The SMILES string of the molecule is Cc1nc(N)sc1-c1ccc(OC2CCCC2)cc1. The third-order valence-electron chi connectivity index (χ3n) is 3.53. The van der Waals surface area contributed by atoms with Crippen molar-refractivity contribution in [3.05, 3.63) is 30.0 Å². The molecule has 100 valence electrons. The zero-order valence-electron chi connectivity index (χ0n) is 11.1. The minimum Gasteiger partial charge on any atom is -0.490 e. The Morgan fingerprint density at radius 3 is 2.47 bits per heavy atom. The van der Waals surface area contributed by atoms with Gasteiger partial charge in [-0.3, -0.25) is 0 Å². The van der Waals surface area contributed by atoms with E-state index in [0.29, 0.717) is 11.2 Å². The van der Waals surface area contributed by atoms with E-state index >= 15 is 0 Å². The van der Waals surface area contributed by atoms with Crippen LogP contribution in [0.3, 0.4) is 0 Å². The number of ether oxygens (including phenoxy) is 1. The smallest absolute Gasteiger partial charge is 0.180 e. The molecule has 0 amide bonds. The number of aryl methyl sites for hydroxylation is 1. The number of benzene rings is 1. The van der Waals surface area contributed by atoms with Crippen LogP contribution in [-0.4, -0.2) is 11.1 Å². The van der Waals surface area contributed by atoms with Gasteiger partial charge in [-0.2, -0.15) is 0 Å². The largest absolute Gasteiger partial charge is 0.490 e. The van der Waals surface area contributed by atoms with Crippen molar-refractivity contribution in [3.63, 3.8) is 0 Å². The Kier molecular flexibility index (Phi) is 3.42. The van der Waals surface area contributed by atoms with Crippen molar-refractivity contribution in [1.29, 1.82) is 0 Å². The molecule has 4 heteroatoms. The van der Waals surface area contributed by atoms with E-state index in [0.717, 1.165) is 21.9 Å². The standard InChI is InChI=1S/C15H18N2OS/c1-10-14(19-15(16)17-10)11-6-8-13(9-7-11)18-12-4-2-3-5-12/h6-9,12H,2-5H2,1H3,(H2,16,17). The fourth-order valence-corrected chi connectivity index (χ4v) is 3.41. The molecule has 0 atom stereocenters. The third-order valence-corrected chi connectivity index (χ3v) is 4.57. The van der Waals surface area contributed by atoms with Gasteiger partial charge in [-0.1, -0.05) is 11.3 Å². The van der Waals surface area contributed by atoms with Crippen molar-refractivity contribution in [2.75, 3.05) is 5.73 Å². The average Bonchev–Trinajstić information content (AvgIpc) is 3.00. The highest BCUT2D eigenvalue weighted by Crippen LogP contribution is 2.32. The van der Waals surface area contributed by atoms with Crippen LogP contribution in [-0.2, 0) is 0 Å². The number of thiazole rings is 1. The van der Waals surface area contributed by atoms with Crippen molar-refractivity contribution in [1.82, 2.24) is 4.98 Å². The molecular formula is C15H18N2OS. The van der Waals surface area contributed by atoms with Crippen molar-refractivity contribution < 1.29 is 4.74 Å². The number of anilines is 1. The fourth-order valence-electron chi connectivity index (χ4n) is 2.57. The summed E-state index contributed by atoms with van der Waals surface area (Å²) >= 11 is 1.53. The van der Waals surface area contributed by atoms with E-state index in [1.54, 1.807) is 0 Å². The van der Waals surface area contributed by atoms with Gasteiger partial charge in [0.05, 0.1) is 16.7 Å². The fraction of sp³-hybridized carbons (Fsp3) is 0.400. The Morgan fingerprint density at radius 2 is 1.89 bits per heavy atom. The Morgan fingerprint density at radius 1 is 1.21 bits per heavy atom. The van der Waals surface area contributed by atoms with Crippen molar-refractivity contribution >= 4 is 16.5 Å². The van der Waals surface area contributed by atoms with Gasteiger partial charge in [0.2, 0.25) is 0 Å². The van der Waals surface area contributed by atoms with E-state index in [1.165, 1.54) is 37.0 Å². The van der Waals surface area contributed by atoms with Gasteiger partial charge in [-0.05, 0) is 62.4 Å². The molecule has 19 heavy (non-hydrogen) atoms. The molecule has 1 aromatic heterocycles. The van der Waals surface area contributed by atoms with Crippen molar-refractivity contribution in [2.45, 2.75) is 38.7 Å². The molecule has 0 unspecified atom stereocenters. The highest BCUT2D eigenvalue weighted by Gasteiger charge is 2.16. The maximum absolute atomic E-state index is 5.96. The molecule has 3 nitrogen and oxygen atoms in total. The van der Waals surface area contributed by atoms with Crippen LogP contribution in [0.4, 0.5) is 5.13 Å². The predicted molar refractivity (Wildman–Crippen MR) is 79.6 cm³/mol. The quantitative estimate of drug-likeness (QED) is 0.919. The molecule has 1 aliphatic rings. The molecule has 0 aliphatic heterocycles. The van der Waals surface area contributed by atoms with E-state index in [9.17, 15) is 0 Å².